The monoisotopic (exact) mass is 301 g/mol. The number of imide groups is 1. The van der Waals surface area contributed by atoms with Gasteiger partial charge in [-0.3, -0.25) is 9.59 Å². The largest absolute Gasteiger partial charge is 0.375 e. The van der Waals surface area contributed by atoms with Crippen molar-refractivity contribution in [3.05, 3.63) is 35.4 Å². The third kappa shape index (κ3) is 2.02. The van der Waals surface area contributed by atoms with Crippen molar-refractivity contribution in [2.45, 2.75) is 37.9 Å². The molecule has 1 aromatic carbocycles. The second kappa shape index (κ2) is 4.91. The summed E-state index contributed by atoms with van der Waals surface area (Å²) in [6, 6.07) is 6.45. The molecule has 2 fully saturated rings. The molecule has 2 amide bonds. The Morgan fingerprint density at radius 3 is 2.14 bits per heavy atom. The Kier molecular flexibility index (Phi) is 3.00. The van der Waals surface area contributed by atoms with E-state index in [0.717, 1.165) is 12.8 Å². The average molecular weight is 301 g/mol. The van der Waals surface area contributed by atoms with Gasteiger partial charge in [-0.05, 0) is 37.8 Å². The van der Waals surface area contributed by atoms with Crippen LogP contribution >= 0.6 is 0 Å². The van der Waals surface area contributed by atoms with Gasteiger partial charge in [-0.15, -0.1) is 0 Å². The molecule has 6 heteroatoms. The van der Waals surface area contributed by atoms with Crippen LogP contribution in [0.1, 0.15) is 46.4 Å². The minimum Gasteiger partial charge on any atom is -0.375 e. The summed E-state index contributed by atoms with van der Waals surface area (Å²) in [6.45, 7) is 0. The maximum atomic E-state index is 12.3. The van der Waals surface area contributed by atoms with Crippen LogP contribution in [0, 0.1) is 5.92 Å². The zero-order chi connectivity index (χ0) is 15.3. The first kappa shape index (κ1) is 13.5. The predicted molar refractivity (Wildman–Crippen MR) is 73.7 cm³/mol. The molecule has 2 bridgehead atoms. The number of fused-ring (bicyclic) bond motifs is 3. The SMILES string of the molecule is O=C(ON1C(=O)c2ccccc2C1=O)C1CC2CCC(C1)O2. The summed E-state index contributed by atoms with van der Waals surface area (Å²) in [4.78, 5) is 41.8. The van der Waals surface area contributed by atoms with E-state index in [1.807, 2.05) is 0 Å². The van der Waals surface area contributed by atoms with E-state index < -0.39 is 17.8 Å². The molecule has 2 saturated heterocycles. The number of hydrogen-bond acceptors (Lipinski definition) is 5. The van der Waals surface area contributed by atoms with Crippen LogP contribution in [0.25, 0.3) is 0 Å². The summed E-state index contributed by atoms with van der Waals surface area (Å²) in [7, 11) is 0. The molecule has 3 heterocycles. The highest BCUT2D eigenvalue weighted by atomic mass is 16.7. The molecule has 4 rings (SSSR count). The summed E-state index contributed by atoms with van der Waals surface area (Å²) in [5.41, 5.74) is 0.541. The number of hydrogen-bond donors (Lipinski definition) is 0. The number of ether oxygens (including phenoxy) is 1. The second-order valence-electron chi connectivity index (χ2n) is 5.99. The van der Waals surface area contributed by atoms with Gasteiger partial charge in [-0.2, -0.15) is 0 Å². The van der Waals surface area contributed by atoms with E-state index >= 15 is 0 Å². The van der Waals surface area contributed by atoms with E-state index in [1.54, 1.807) is 24.3 Å². The first-order valence-electron chi connectivity index (χ1n) is 7.48. The number of amides is 2. The number of nitrogens with zero attached hydrogens (tertiary/aromatic N) is 1. The van der Waals surface area contributed by atoms with Crippen LogP contribution in [0.3, 0.4) is 0 Å². The molecule has 22 heavy (non-hydrogen) atoms. The van der Waals surface area contributed by atoms with Gasteiger partial charge in [0, 0.05) is 0 Å². The molecule has 0 N–H and O–H groups in total. The zero-order valence-electron chi connectivity index (χ0n) is 11.9. The second-order valence-corrected chi connectivity index (χ2v) is 5.99. The lowest BCUT2D eigenvalue weighted by molar-refractivity contribution is -0.179. The number of rotatable bonds is 2. The first-order valence-corrected chi connectivity index (χ1v) is 7.48. The van der Waals surface area contributed by atoms with E-state index in [2.05, 4.69) is 0 Å². The maximum absolute atomic E-state index is 12.3. The molecule has 114 valence electrons. The summed E-state index contributed by atoms with van der Waals surface area (Å²) in [5, 5.41) is 0.588. The molecule has 0 saturated carbocycles. The van der Waals surface area contributed by atoms with Gasteiger partial charge in [0.1, 0.15) is 0 Å². The van der Waals surface area contributed by atoms with E-state index in [0.29, 0.717) is 17.9 Å². The Bertz CT molecular complexity index is 623. The molecule has 0 radical (unpaired) electrons. The van der Waals surface area contributed by atoms with Gasteiger partial charge in [0.25, 0.3) is 11.8 Å². The topological polar surface area (TPSA) is 72.9 Å². The van der Waals surface area contributed by atoms with Crippen LogP contribution in [0.4, 0.5) is 0 Å². The van der Waals surface area contributed by atoms with Gasteiger partial charge in [-0.25, -0.2) is 4.79 Å². The van der Waals surface area contributed by atoms with E-state index in [1.165, 1.54) is 0 Å². The van der Waals surface area contributed by atoms with Gasteiger partial charge in [-0.1, -0.05) is 17.2 Å². The molecule has 3 aliphatic heterocycles. The highest BCUT2D eigenvalue weighted by molar-refractivity contribution is 6.20. The first-order chi connectivity index (χ1) is 10.6. The molecular weight excluding hydrogens is 286 g/mol. The van der Waals surface area contributed by atoms with Crippen LogP contribution in [0.5, 0.6) is 0 Å². The third-order valence-electron chi connectivity index (χ3n) is 4.56. The molecule has 3 aliphatic rings. The van der Waals surface area contributed by atoms with Crippen LogP contribution in [-0.4, -0.2) is 35.1 Å². The highest BCUT2D eigenvalue weighted by Gasteiger charge is 2.43. The van der Waals surface area contributed by atoms with Crippen molar-refractivity contribution < 1.29 is 24.0 Å². The van der Waals surface area contributed by atoms with Crippen molar-refractivity contribution in [3.8, 4) is 0 Å². The molecule has 6 nitrogen and oxygen atoms in total. The van der Waals surface area contributed by atoms with Crippen LogP contribution in [0.15, 0.2) is 24.3 Å². The van der Waals surface area contributed by atoms with Gasteiger partial charge in [0.05, 0.1) is 29.3 Å². The highest BCUT2D eigenvalue weighted by Crippen LogP contribution is 2.36. The van der Waals surface area contributed by atoms with Crippen molar-refractivity contribution in [1.29, 1.82) is 0 Å². The molecule has 0 spiro atoms. The lowest BCUT2D eigenvalue weighted by Gasteiger charge is -2.27. The van der Waals surface area contributed by atoms with Gasteiger partial charge < -0.3 is 9.57 Å². The Morgan fingerprint density at radius 1 is 1.05 bits per heavy atom. The number of carbonyl (C=O) groups is 3. The van der Waals surface area contributed by atoms with Crippen molar-refractivity contribution in [3.63, 3.8) is 0 Å². The van der Waals surface area contributed by atoms with Crippen molar-refractivity contribution >= 4 is 17.8 Å². The normalized spacial score (nSPS) is 29.6. The summed E-state index contributed by atoms with van der Waals surface area (Å²) in [5.74, 6) is -1.99. The lowest BCUT2D eigenvalue weighted by atomic mass is 9.96. The summed E-state index contributed by atoms with van der Waals surface area (Å²) in [6.07, 6.45) is 3.30. The van der Waals surface area contributed by atoms with Gasteiger partial charge in [0.15, 0.2) is 0 Å². The minimum atomic E-state index is -0.580. The Morgan fingerprint density at radius 2 is 1.59 bits per heavy atom. The number of carbonyl (C=O) groups excluding carboxylic acids is 3. The predicted octanol–water partition coefficient (Wildman–Crippen LogP) is 1.70. The fourth-order valence-corrected chi connectivity index (χ4v) is 3.46. The van der Waals surface area contributed by atoms with Crippen molar-refractivity contribution in [2.75, 3.05) is 0 Å². The standard InChI is InChI=1S/C16H15NO5/c18-14-12-3-1-2-4-13(12)15(19)17(14)22-16(20)9-7-10-5-6-11(8-9)21-10/h1-4,9-11H,5-8H2. The molecule has 0 aromatic heterocycles. The molecular formula is C16H15NO5. The lowest BCUT2D eigenvalue weighted by Crippen LogP contribution is -2.38. The van der Waals surface area contributed by atoms with Crippen LogP contribution in [0.2, 0.25) is 0 Å². The third-order valence-corrected chi connectivity index (χ3v) is 4.56. The van der Waals surface area contributed by atoms with Gasteiger partial charge >= 0.3 is 5.97 Å². The number of hydroxylamine groups is 2. The Balaban J connectivity index is 1.49. The minimum absolute atomic E-state index is 0.0958. The Labute approximate surface area is 126 Å². The number of benzene rings is 1. The molecule has 2 atom stereocenters. The van der Waals surface area contributed by atoms with E-state index in [9.17, 15) is 14.4 Å². The smallest absolute Gasteiger partial charge is 0.336 e. The molecule has 1 aromatic rings. The maximum Gasteiger partial charge on any atom is 0.336 e. The quantitative estimate of drug-likeness (QED) is 0.777. The summed E-state index contributed by atoms with van der Waals surface area (Å²) < 4.78 is 5.69. The molecule has 2 unspecified atom stereocenters. The average Bonchev–Trinajstić information content (AvgIpc) is 2.99. The summed E-state index contributed by atoms with van der Waals surface area (Å²) >= 11 is 0. The van der Waals surface area contributed by atoms with E-state index in [-0.39, 0.29) is 29.3 Å². The van der Waals surface area contributed by atoms with Crippen molar-refractivity contribution in [2.24, 2.45) is 5.92 Å². The fraction of sp³-hybridized carbons (Fsp3) is 0.438. The van der Waals surface area contributed by atoms with Crippen molar-refractivity contribution in [1.82, 2.24) is 5.06 Å². The molecule has 0 aliphatic carbocycles. The fourth-order valence-electron chi connectivity index (χ4n) is 3.46. The van der Waals surface area contributed by atoms with E-state index in [4.69, 9.17) is 9.57 Å². The van der Waals surface area contributed by atoms with Crippen LogP contribution in [-0.2, 0) is 14.4 Å². The zero-order valence-corrected chi connectivity index (χ0v) is 11.9. The van der Waals surface area contributed by atoms with Gasteiger partial charge in [0.2, 0.25) is 0 Å². The Hall–Kier alpha value is -2.21. The van der Waals surface area contributed by atoms with Crippen LogP contribution < -0.4 is 0 Å².